The quantitative estimate of drug-likeness (QED) is 0.840. The first kappa shape index (κ1) is 12.6. The van der Waals surface area contributed by atoms with Crippen LogP contribution < -0.4 is 5.32 Å². The number of hydrogen-bond donors (Lipinski definition) is 1. The largest absolute Gasteiger partial charge is 0.372 e. The smallest absolute Gasteiger partial charge is 0.251 e. The number of nitriles is 1. The van der Waals surface area contributed by atoms with Crippen LogP contribution in [0.25, 0.3) is 0 Å². The molecule has 1 aliphatic rings. The Labute approximate surface area is 113 Å². The molecule has 1 N–H and O–H groups in total. The molecule has 1 fully saturated rings. The summed E-state index contributed by atoms with van der Waals surface area (Å²) < 4.78 is 0.653. The van der Waals surface area contributed by atoms with Crippen molar-refractivity contribution in [1.82, 2.24) is 4.90 Å². The van der Waals surface area contributed by atoms with Gasteiger partial charge in [-0.15, -0.1) is 0 Å². The molecule has 0 saturated carbocycles. The molecule has 0 aromatic heterocycles. The van der Waals surface area contributed by atoms with Crippen LogP contribution in [0.4, 0.5) is 5.69 Å². The molecular formula is C12H10BrN3O2. The Kier molecular flexibility index (Phi) is 3.34. The molecule has 1 heterocycles. The zero-order valence-corrected chi connectivity index (χ0v) is 11.2. The third-order valence-electron chi connectivity index (χ3n) is 2.84. The van der Waals surface area contributed by atoms with Crippen LogP contribution in [-0.4, -0.2) is 29.8 Å². The normalized spacial score (nSPS) is 18.9. The predicted octanol–water partition coefficient (Wildman–Crippen LogP) is 1.49. The predicted molar refractivity (Wildman–Crippen MR) is 68.7 cm³/mol. The van der Waals surface area contributed by atoms with Crippen LogP contribution in [0.15, 0.2) is 22.7 Å². The van der Waals surface area contributed by atoms with Gasteiger partial charge in [-0.25, -0.2) is 0 Å². The number of carbonyl (C=O) groups is 2. The van der Waals surface area contributed by atoms with E-state index in [0.717, 1.165) is 4.90 Å². The Balaban J connectivity index is 2.26. The van der Waals surface area contributed by atoms with E-state index in [4.69, 9.17) is 5.26 Å². The number of benzene rings is 1. The minimum Gasteiger partial charge on any atom is -0.372 e. The highest BCUT2D eigenvalue weighted by molar-refractivity contribution is 9.10. The molecule has 0 spiro atoms. The Bertz CT molecular complexity index is 565. The van der Waals surface area contributed by atoms with Crippen LogP contribution in [0.5, 0.6) is 0 Å². The van der Waals surface area contributed by atoms with Crippen LogP contribution in [-0.2, 0) is 9.59 Å². The number of imide groups is 1. The van der Waals surface area contributed by atoms with Crippen LogP contribution in [0.2, 0.25) is 0 Å². The molecule has 1 unspecified atom stereocenters. The van der Waals surface area contributed by atoms with Crippen molar-refractivity contribution in [1.29, 1.82) is 5.26 Å². The molecule has 1 atom stereocenters. The van der Waals surface area contributed by atoms with Gasteiger partial charge < -0.3 is 5.32 Å². The van der Waals surface area contributed by atoms with E-state index in [2.05, 4.69) is 27.3 Å². The maximum absolute atomic E-state index is 11.8. The van der Waals surface area contributed by atoms with Crippen molar-refractivity contribution in [3.63, 3.8) is 0 Å². The number of anilines is 1. The number of rotatable bonds is 2. The van der Waals surface area contributed by atoms with Crippen molar-refractivity contribution in [2.75, 3.05) is 12.4 Å². The summed E-state index contributed by atoms with van der Waals surface area (Å²) in [6.45, 7) is 0. The summed E-state index contributed by atoms with van der Waals surface area (Å²) in [4.78, 5) is 24.2. The Morgan fingerprint density at radius 1 is 1.50 bits per heavy atom. The lowest BCUT2D eigenvalue weighted by Crippen LogP contribution is -2.32. The molecule has 0 radical (unpaired) electrons. The molecule has 1 saturated heterocycles. The molecule has 1 aromatic rings. The summed E-state index contributed by atoms with van der Waals surface area (Å²) in [5.41, 5.74) is 0.973. The number of likely N-dealkylation sites (N-methyl/N-ethyl adjacent to an activating group) is 1. The minimum atomic E-state index is -0.594. The van der Waals surface area contributed by atoms with Crippen molar-refractivity contribution < 1.29 is 9.59 Å². The second kappa shape index (κ2) is 4.78. The first-order chi connectivity index (χ1) is 8.54. The van der Waals surface area contributed by atoms with E-state index in [1.807, 2.05) is 0 Å². The lowest BCUT2D eigenvalue weighted by atomic mass is 10.1. The Morgan fingerprint density at radius 3 is 2.78 bits per heavy atom. The van der Waals surface area contributed by atoms with Gasteiger partial charge in [0, 0.05) is 11.5 Å². The third kappa shape index (κ3) is 2.09. The number of carbonyl (C=O) groups excluding carboxylic acids is 2. The fourth-order valence-corrected chi connectivity index (χ4v) is 2.27. The summed E-state index contributed by atoms with van der Waals surface area (Å²) in [6, 6.07) is 6.68. The van der Waals surface area contributed by atoms with Gasteiger partial charge in [0.05, 0.1) is 17.7 Å². The molecule has 18 heavy (non-hydrogen) atoms. The SMILES string of the molecule is CN1C(=O)CC(Nc2cccc(Br)c2C#N)C1=O. The van der Waals surface area contributed by atoms with Crippen molar-refractivity contribution in [3.05, 3.63) is 28.2 Å². The highest BCUT2D eigenvalue weighted by Crippen LogP contribution is 2.26. The summed E-state index contributed by atoms with van der Waals surface area (Å²) in [5.74, 6) is -0.491. The standard InChI is InChI=1S/C12H10BrN3O2/c1-16-11(17)5-10(12(16)18)15-9-4-2-3-8(13)7(9)6-14/h2-4,10,15H,5H2,1H3. The first-order valence-electron chi connectivity index (χ1n) is 5.30. The summed E-state index contributed by atoms with van der Waals surface area (Å²) in [7, 11) is 1.46. The van der Waals surface area contributed by atoms with Gasteiger partial charge in [-0.3, -0.25) is 14.5 Å². The van der Waals surface area contributed by atoms with Gasteiger partial charge in [0.1, 0.15) is 12.1 Å². The van der Waals surface area contributed by atoms with E-state index in [0.29, 0.717) is 15.7 Å². The van der Waals surface area contributed by atoms with Gasteiger partial charge in [-0.1, -0.05) is 6.07 Å². The molecule has 6 heteroatoms. The average Bonchev–Trinajstić information content (AvgIpc) is 2.57. The third-order valence-corrected chi connectivity index (χ3v) is 3.50. The van der Waals surface area contributed by atoms with Gasteiger partial charge in [-0.2, -0.15) is 5.26 Å². The van der Waals surface area contributed by atoms with Crippen LogP contribution in [0.3, 0.4) is 0 Å². The van der Waals surface area contributed by atoms with E-state index in [1.54, 1.807) is 18.2 Å². The number of nitrogens with zero attached hydrogens (tertiary/aromatic N) is 2. The van der Waals surface area contributed by atoms with E-state index in [-0.39, 0.29) is 18.2 Å². The number of hydrogen-bond acceptors (Lipinski definition) is 4. The summed E-state index contributed by atoms with van der Waals surface area (Å²) in [5, 5.41) is 12.0. The van der Waals surface area contributed by atoms with Gasteiger partial charge in [0.15, 0.2) is 0 Å². The number of likely N-dealkylation sites (tertiary alicyclic amines) is 1. The monoisotopic (exact) mass is 307 g/mol. The highest BCUT2D eigenvalue weighted by atomic mass is 79.9. The lowest BCUT2D eigenvalue weighted by Gasteiger charge is -2.14. The molecule has 1 aliphatic heterocycles. The van der Waals surface area contributed by atoms with Gasteiger partial charge in [0.25, 0.3) is 5.91 Å². The molecular weight excluding hydrogens is 298 g/mol. The Morgan fingerprint density at radius 2 is 2.22 bits per heavy atom. The Hall–Kier alpha value is -1.87. The van der Waals surface area contributed by atoms with Gasteiger partial charge >= 0.3 is 0 Å². The second-order valence-corrected chi connectivity index (χ2v) is 4.82. The van der Waals surface area contributed by atoms with E-state index >= 15 is 0 Å². The average molecular weight is 308 g/mol. The second-order valence-electron chi connectivity index (χ2n) is 3.97. The molecule has 2 amide bonds. The summed E-state index contributed by atoms with van der Waals surface area (Å²) in [6.07, 6.45) is 0.118. The van der Waals surface area contributed by atoms with E-state index < -0.39 is 6.04 Å². The molecule has 0 bridgehead atoms. The molecule has 92 valence electrons. The zero-order chi connectivity index (χ0) is 13.3. The number of amides is 2. The van der Waals surface area contributed by atoms with Crippen molar-refractivity contribution in [2.24, 2.45) is 0 Å². The minimum absolute atomic E-state index is 0.118. The molecule has 2 rings (SSSR count). The lowest BCUT2D eigenvalue weighted by molar-refractivity contribution is -0.136. The fourth-order valence-electron chi connectivity index (χ4n) is 1.81. The topological polar surface area (TPSA) is 73.2 Å². The van der Waals surface area contributed by atoms with Gasteiger partial charge in [-0.05, 0) is 28.1 Å². The molecule has 1 aromatic carbocycles. The fraction of sp³-hybridized carbons (Fsp3) is 0.250. The first-order valence-corrected chi connectivity index (χ1v) is 6.09. The number of nitrogens with one attached hydrogen (secondary N) is 1. The maximum Gasteiger partial charge on any atom is 0.251 e. The van der Waals surface area contributed by atoms with Crippen LogP contribution in [0, 0.1) is 11.3 Å². The number of halogens is 1. The zero-order valence-electron chi connectivity index (χ0n) is 9.61. The van der Waals surface area contributed by atoms with Crippen molar-refractivity contribution in [2.45, 2.75) is 12.5 Å². The maximum atomic E-state index is 11.8. The highest BCUT2D eigenvalue weighted by Gasteiger charge is 2.36. The molecule has 5 nitrogen and oxygen atoms in total. The van der Waals surface area contributed by atoms with Crippen molar-refractivity contribution >= 4 is 33.4 Å². The van der Waals surface area contributed by atoms with E-state index in [1.165, 1.54) is 7.05 Å². The van der Waals surface area contributed by atoms with Crippen molar-refractivity contribution in [3.8, 4) is 6.07 Å². The van der Waals surface area contributed by atoms with Crippen LogP contribution in [0.1, 0.15) is 12.0 Å². The molecule has 0 aliphatic carbocycles. The summed E-state index contributed by atoms with van der Waals surface area (Å²) >= 11 is 3.27. The van der Waals surface area contributed by atoms with E-state index in [9.17, 15) is 9.59 Å². The van der Waals surface area contributed by atoms with Gasteiger partial charge in [0.2, 0.25) is 5.91 Å². The van der Waals surface area contributed by atoms with Crippen LogP contribution >= 0.6 is 15.9 Å².